The standard InChI is InChI=1S/C23H25ClN4O4/c1-13(2)10-18-23(31)28-12-15(11-19(28)21(30)27-18)26-20(29)17-4-3-9-25-22(17)32-16-7-5-14(24)6-8-16/h3-9,13,15,18-19H,10-12H2,1-2H3,(H,26,29)(H,27,30)/t15-,18-,19-/m0/s1. The Morgan fingerprint density at radius 3 is 2.75 bits per heavy atom. The molecule has 1 aromatic carbocycles. The van der Waals surface area contributed by atoms with Gasteiger partial charge >= 0.3 is 0 Å². The number of hydrogen-bond donors (Lipinski definition) is 2. The molecule has 4 rings (SSSR count). The molecule has 3 heterocycles. The average molecular weight is 457 g/mol. The third kappa shape index (κ3) is 4.70. The number of aromatic nitrogens is 1. The molecule has 2 N–H and O–H groups in total. The van der Waals surface area contributed by atoms with Crippen molar-refractivity contribution in [1.29, 1.82) is 0 Å². The fourth-order valence-corrected chi connectivity index (χ4v) is 4.24. The Bertz CT molecular complexity index is 1030. The number of hydrogen-bond acceptors (Lipinski definition) is 5. The van der Waals surface area contributed by atoms with E-state index < -0.39 is 12.1 Å². The average Bonchev–Trinajstić information content (AvgIpc) is 3.18. The number of nitrogens with zero attached hydrogens (tertiary/aromatic N) is 2. The Morgan fingerprint density at radius 1 is 1.28 bits per heavy atom. The van der Waals surface area contributed by atoms with Crippen LogP contribution in [-0.4, -0.2) is 52.3 Å². The van der Waals surface area contributed by atoms with Gasteiger partial charge in [0, 0.05) is 23.8 Å². The molecule has 1 aromatic heterocycles. The summed E-state index contributed by atoms with van der Waals surface area (Å²) in [6.45, 7) is 4.32. The molecule has 168 valence electrons. The Balaban J connectivity index is 1.45. The number of halogens is 1. The molecule has 0 aliphatic carbocycles. The van der Waals surface area contributed by atoms with Crippen molar-refractivity contribution < 1.29 is 19.1 Å². The fourth-order valence-electron chi connectivity index (χ4n) is 4.12. The van der Waals surface area contributed by atoms with Gasteiger partial charge in [0.05, 0.1) is 0 Å². The minimum Gasteiger partial charge on any atom is -0.438 e. The van der Waals surface area contributed by atoms with Crippen molar-refractivity contribution in [3.05, 3.63) is 53.2 Å². The van der Waals surface area contributed by atoms with Gasteiger partial charge in [0.1, 0.15) is 23.4 Å². The first-order chi connectivity index (χ1) is 15.3. The number of rotatable bonds is 6. The minimum atomic E-state index is -0.560. The van der Waals surface area contributed by atoms with Crippen molar-refractivity contribution in [2.75, 3.05) is 6.54 Å². The van der Waals surface area contributed by atoms with E-state index in [4.69, 9.17) is 16.3 Å². The molecule has 2 aromatic rings. The van der Waals surface area contributed by atoms with Gasteiger partial charge in [0.2, 0.25) is 17.7 Å². The van der Waals surface area contributed by atoms with Crippen molar-refractivity contribution in [3.63, 3.8) is 0 Å². The molecule has 2 aliphatic rings. The van der Waals surface area contributed by atoms with Crippen LogP contribution in [0.3, 0.4) is 0 Å². The van der Waals surface area contributed by atoms with Gasteiger partial charge in [-0.2, -0.15) is 0 Å². The summed E-state index contributed by atoms with van der Waals surface area (Å²) in [5, 5.41) is 6.33. The summed E-state index contributed by atoms with van der Waals surface area (Å²) in [5.41, 5.74) is 0.265. The van der Waals surface area contributed by atoms with Crippen LogP contribution >= 0.6 is 11.6 Å². The van der Waals surface area contributed by atoms with Crippen LogP contribution in [0.1, 0.15) is 37.0 Å². The van der Waals surface area contributed by atoms with Crippen LogP contribution in [-0.2, 0) is 9.59 Å². The molecule has 0 unspecified atom stereocenters. The first-order valence-electron chi connectivity index (χ1n) is 10.6. The lowest BCUT2D eigenvalue weighted by atomic mass is 9.99. The number of pyridine rings is 1. The van der Waals surface area contributed by atoms with Gasteiger partial charge in [-0.3, -0.25) is 14.4 Å². The Kier molecular flexibility index (Phi) is 6.32. The van der Waals surface area contributed by atoms with E-state index in [2.05, 4.69) is 15.6 Å². The third-order valence-corrected chi connectivity index (χ3v) is 5.84. The van der Waals surface area contributed by atoms with Crippen molar-refractivity contribution >= 4 is 29.3 Å². The highest BCUT2D eigenvalue weighted by Gasteiger charge is 2.46. The molecule has 0 spiro atoms. The fraction of sp³-hybridized carbons (Fsp3) is 0.391. The summed E-state index contributed by atoms with van der Waals surface area (Å²) in [7, 11) is 0. The molecule has 8 nitrogen and oxygen atoms in total. The first kappa shape index (κ1) is 22.1. The van der Waals surface area contributed by atoms with Crippen LogP contribution in [0, 0.1) is 5.92 Å². The maximum atomic E-state index is 13.0. The quantitative estimate of drug-likeness (QED) is 0.696. The van der Waals surface area contributed by atoms with E-state index in [1.165, 1.54) is 6.20 Å². The second-order valence-corrected chi connectivity index (χ2v) is 8.95. The SMILES string of the molecule is CC(C)C[C@@H]1NC(=O)[C@@H]2C[C@H](NC(=O)c3cccnc3Oc3ccc(Cl)cc3)CN2C1=O. The lowest BCUT2D eigenvalue weighted by Gasteiger charge is -2.35. The number of ether oxygens (including phenoxy) is 1. The van der Waals surface area contributed by atoms with Crippen molar-refractivity contribution in [2.45, 2.75) is 44.8 Å². The zero-order valence-electron chi connectivity index (χ0n) is 17.9. The summed E-state index contributed by atoms with van der Waals surface area (Å²) in [6, 6.07) is 8.59. The molecular formula is C23H25ClN4O4. The molecule has 2 saturated heterocycles. The first-order valence-corrected chi connectivity index (χ1v) is 11.0. The molecule has 9 heteroatoms. The summed E-state index contributed by atoms with van der Waals surface area (Å²) < 4.78 is 5.77. The zero-order chi connectivity index (χ0) is 22.8. The second-order valence-electron chi connectivity index (χ2n) is 8.52. The van der Waals surface area contributed by atoms with Crippen LogP contribution in [0.4, 0.5) is 0 Å². The number of carbonyl (C=O) groups excluding carboxylic acids is 3. The highest BCUT2D eigenvalue weighted by Crippen LogP contribution is 2.27. The molecule has 0 radical (unpaired) electrons. The second kappa shape index (κ2) is 9.16. The van der Waals surface area contributed by atoms with E-state index in [9.17, 15) is 14.4 Å². The number of piperazine rings is 1. The summed E-state index contributed by atoms with van der Waals surface area (Å²) in [5.74, 6) is 0.308. The molecule has 3 amide bonds. The number of nitrogens with one attached hydrogen (secondary N) is 2. The summed E-state index contributed by atoms with van der Waals surface area (Å²) >= 11 is 5.91. The third-order valence-electron chi connectivity index (χ3n) is 5.59. The van der Waals surface area contributed by atoms with Crippen LogP contribution in [0.25, 0.3) is 0 Å². The van der Waals surface area contributed by atoms with Gasteiger partial charge in [-0.1, -0.05) is 25.4 Å². The summed E-state index contributed by atoms with van der Waals surface area (Å²) in [6.07, 6.45) is 2.49. The zero-order valence-corrected chi connectivity index (χ0v) is 18.6. The van der Waals surface area contributed by atoms with E-state index in [0.717, 1.165) is 0 Å². The van der Waals surface area contributed by atoms with Gasteiger partial charge in [-0.05, 0) is 55.2 Å². The summed E-state index contributed by atoms with van der Waals surface area (Å²) in [4.78, 5) is 44.1. The largest absolute Gasteiger partial charge is 0.438 e. The maximum absolute atomic E-state index is 13.0. The smallest absolute Gasteiger partial charge is 0.257 e. The monoisotopic (exact) mass is 456 g/mol. The molecule has 32 heavy (non-hydrogen) atoms. The molecule has 3 atom stereocenters. The van der Waals surface area contributed by atoms with E-state index in [1.807, 2.05) is 13.8 Å². The Hall–Kier alpha value is -3.13. The van der Waals surface area contributed by atoms with Gasteiger partial charge < -0.3 is 20.3 Å². The van der Waals surface area contributed by atoms with Crippen molar-refractivity contribution in [1.82, 2.24) is 20.5 Å². The molecule has 2 aliphatic heterocycles. The van der Waals surface area contributed by atoms with Crippen LogP contribution < -0.4 is 15.4 Å². The number of fused-ring (bicyclic) bond motifs is 1. The number of benzene rings is 1. The molecule has 0 bridgehead atoms. The molecular weight excluding hydrogens is 432 g/mol. The van der Waals surface area contributed by atoms with Crippen molar-refractivity contribution in [3.8, 4) is 11.6 Å². The normalized spacial score (nSPS) is 22.5. The topological polar surface area (TPSA) is 101 Å². The maximum Gasteiger partial charge on any atom is 0.257 e. The van der Waals surface area contributed by atoms with Crippen molar-refractivity contribution in [2.24, 2.45) is 5.92 Å². The van der Waals surface area contributed by atoms with Gasteiger partial charge in [0.25, 0.3) is 5.91 Å². The van der Waals surface area contributed by atoms with Gasteiger partial charge in [0.15, 0.2) is 0 Å². The highest BCUT2D eigenvalue weighted by atomic mass is 35.5. The minimum absolute atomic E-state index is 0.0896. The van der Waals surface area contributed by atoms with E-state index >= 15 is 0 Å². The van der Waals surface area contributed by atoms with E-state index in [-0.39, 0.29) is 41.1 Å². The lowest BCUT2D eigenvalue weighted by Crippen LogP contribution is -2.61. The van der Waals surface area contributed by atoms with Crippen LogP contribution in [0.5, 0.6) is 11.6 Å². The van der Waals surface area contributed by atoms with Crippen LogP contribution in [0.15, 0.2) is 42.6 Å². The Morgan fingerprint density at radius 2 is 2.03 bits per heavy atom. The lowest BCUT2D eigenvalue weighted by molar-refractivity contribution is -0.147. The number of carbonyl (C=O) groups is 3. The van der Waals surface area contributed by atoms with Gasteiger partial charge in [-0.15, -0.1) is 0 Å². The van der Waals surface area contributed by atoms with Crippen LogP contribution in [0.2, 0.25) is 5.02 Å². The highest BCUT2D eigenvalue weighted by molar-refractivity contribution is 6.30. The van der Waals surface area contributed by atoms with E-state index in [0.29, 0.717) is 30.2 Å². The predicted molar refractivity (Wildman–Crippen MR) is 119 cm³/mol. The Labute approximate surface area is 191 Å². The molecule has 2 fully saturated rings. The van der Waals surface area contributed by atoms with E-state index in [1.54, 1.807) is 41.3 Å². The molecule has 0 saturated carbocycles. The predicted octanol–water partition coefficient (Wildman–Crippen LogP) is 2.77. The number of amides is 3. The van der Waals surface area contributed by atoms with Gasteiger partial charge in [-0.25, -0.2) is 4.98 Å².